The van der Waals surface area contributed by atoms with E-state index in [1.165, 1.54) is 0 Å². The van der Waals surface area contributed by atoms with Gasteiger partial charge in [0, 0.05) is 35.0 Å². The first-order valence-electron chi connectivity index (χ1n) is 7.88. The third-order valence-corrected chi connectivity index (χ3v) is 4.12. The number of benzene rings is 1. The van der Waals surface area contributed by atoms with E-state index in [-0.39, 0.29) is 11.5 Å². The van der Waals surface area contributed by atoms with Gasteiger partial charge in [-0.05, 0) is 30.7 Å². The Morgan fingerprint density at radius 1 is 1.15 bits per heavy atom. The van der Waals surface area contributed by atoms with Crippen molar-refractivity contribution in [2.24, 2.45) is 5.73 Å². The zero-order valence-corrected chi connectivity index (χ0v) is 13.8. The number of hydrogen-bond donors (Lipinski definition) is 2. The predicted octanol–water partition coefficient (Wildman–Crippen LogP) is 2.86. The van der Waals surface area contributed by atoms with Gasteiger partial charge in [-0.15, -0.1) is 0 Å². The Hall–Kier alpha value is -3.74. The van der Waals surface area contributed by atoms with Crippen molar-refractivity contribution in [2.45, 2.75) is 6.92 Å². The molecule has 1 amide bonds. The number of aromatic nitrogens is 3. The van der Waals surface area contributed by atoms with Crippen molar-refractivity contribution >= 4 is 22.7 Å². The molecule has 7 nitrogen and oxygen atoms in total. The first kappa shape index (κ1) is 15.8. The quantitative estimate of drug-likeness (QED) is 0.551. The zero-order chi connectivity index (χ0) is 18.3. The van der Waals surface area contributed by atoms with E-state index in [4.69, 9.17) is 10.3 Å². The molecule has 0 spiro atoms. The number of ketones is 1. The van der Waals surface area contributed by atoms with Gasteiger partial charge in [-0.3, -0.25) is 9.59 Å². The fraction of sp³-hybridized carbons (Fsp3) is 0.0526. The summed E-state index contributed by atoms with van der Waals surface area (Å²) in [5.74, 6) is -0.187. The molecule has 7 heteroatoms. The van der Waals surface area contributed by atoms with E-state index >= 15 is 0 Å². The minimum Gasteiger partial charge on any atom is -0.366 e. The lowest BCUT2D eigenvalue weighted by Crippen LogP contribution is -2.10. The number of carbonyl (C=O) groups is 2. The van der Waals surface area contributed by atoms with Crippen molar-refractivity contribution in [1.29, 1.82) is 0 Å². The number of fused-ring (bicyclic) bond motifs is 1. The van der Waals surface area contributed by atoms with Crippen LogP contribution in [-0.4, -0.2) is 26.8 Å². The maximum absolute atomic E-state index is 12.7. The van der Waals surface area contributed by atoms with Crippen LogP contribution in [0.1, 0.15) is 32.2 Å². The molecular weight excluding hydrogens is 332 g/mol. The third kappa shape index (κ3) is 2.65. The molecule has 1 aromatic carbocycles. The molecule has 3 aromatic heterocycles. The lowest BCUT2D eigenvalue weighted by Gasteiger charge is -2.04. The largest absolute Gasteiger partial charge is 0.366 e. The van der Waals surface area contributed by atoms with Crippen LogP contribution >= 0.6 is 0 Å². The van der Waals surface area contributed by atoms with Crippen molar-refractivity contribution in [3.8, 4) is 11.1 Å². The second-order valence-electron chi connectivity index (χ2n) is 5.92. The summed E-state index contributed by atoms with van der Waals surface area (Å²) >= 11 is 0. The Bertz CT molecular complexity index is 1160. The van der Waals surface area contributed by atoms with Crippen molar-refractivity contribution in [1.82, 2.24) is 15.1 Å². The van der Waals surface area contributed by atoms with E-state index in [0.717, 1.165) is 11.1 Å². The third-order valence-electron chi connectivity index (χ3n) is 4.12. The van der Waals surface area contributed by atoms with Crippen LogP contribution in [0.2, 0.25) is 0 Å². The van der Waals surface area contributed by atoms with Gasteiger partial charge < -0.3 is 15.2 Å². The highest BCUT2D eigenvalue weighted by Gasteiger charge is 2.18. The number of rotatable bonds is 4. The van der Waals surface area contributed by atoms with E-state index in [0.29, 0.717) is 27.9 Å². The summed E-state index contributed by atoms with van der Waals surface area (Å²) in [6.45, 7) is 1.73. The second kappa shape index (κ2) is 5.96. The lowest BCUT2D eigenvalue weighted by atomic mass is 10.0. The second-order valence-corrected chi connectivity index (χ2v) is 5.92. The number of nitrogens with two attached hydrogens (primary N) is 1. The molecule has 4 aromatic rings. The van der Waals surface area contributed by atoms with Gasteiger partial charge in [-0.1, -0.05) is 17.3 Å². The molecular formula is C19H14N4O3. The number of amides is 1. The van der Waals surface area contributed by atoms with E-state index in [9.17, 15) is 9.59 Å². The van der Waals surface area contributed by atoms with E-state index in [2.05, 4.69) is 15.1 Å². The van der Waals surface area contributed by atoms with Crippen molar-refractivity contribution in [3.63, 3.8) is 0 Å². The normalized spacial score (nSPS) is 11.0. The maximum Gasteiger partial charge on any atom is 0.248 e. The van der Waals surface area contributed by atoms with Crippen molar-refractivity contribution in [3.05, 3.63) is 71.4 Å². The number of aryl methyl sites for hydroxylation is 1. The molecule has 3 N–H and O–H groups in total. The highest BCUT2D eigenvalue weighted by atomic mass is 16.5. The van der Waals surface area contributed by atoms with E-state index < -0.39 is 5.91 Å². The molecule has 0 atom stereocenters. The summed E-state index contributed by atoms with van der Waals surface area (Å²) in [4.78, 5) is 31.4. The zero-order valence-electron chi connectivity index (χ0n) is 13.8. The van der Waals surface area contributed by atoms with Crippen LogP contribution < -0.4 is 5.73 Å². The van der Waals surface area contributed by atoms with Gasteiger partial charge in [0.1, 0.15) is 11.4 Å². The van der Waals surface area contributed by atoms with Crippen LogP contribution in [0, 0.1) is 6.92 Å². The average Bonchev–Trinajstić information content (AvgIpc) is 3.27. The Morgan fingerprint density at radius 3 is 2.73 bits per heavy atom. The highest BCUT2D eigenvalue weighted by Crippen LogP contribution is 2.26. The van der Waals surface area contributed by atoms with Crippen LogP contribution in [-0.2, 0) is 0 Å². The van der Waals surface area contributed by atoms with Gasteiger partial charge in [0.05, 0.1) is 5.56 Å². The Balaban J connectivity index is 1.81. The average molecular weight is 346 g/mol. The molecule has 0 saturated carbocycles. The molecule has 26 heavy (non-hydrogen) atoms. The van der Waals surface area contributed by atoms with Crippen molar-refractivity contribution in [2.75, 3.05) is 0 Å². The number of nitrogens with zero attached hydrogens (tertiary/aromatic N) is 2. The first-order chi connectivity index (χ1) is 12.5. The summed E-state index contributed by atoms with van der Waals surface area (Å²) < 4.78 is 4.98. The predicted molar refractivity (Wildman–Crippen MR) is 94.7 cm³/mol. The van der Waals surface area contributed by atoms with E-state index in [1.54, 1.807) is 43.6 Å². The van der Waals surface area contributed by atoms with Crippen molar-refractivity contribution < 1.29 is 14.1 Å². The van der Waals surface area contributed by atoms with Gasteiger partial charge in [0.2, 0.25) is 11.7 Å². The molecule has 0 aliphatic rings. The van der Waals surface area contributed by atoms with Crippen LogP contribution in [0.5, 0.6) is 0 Å². The standard InChI is InChI=1S/C19H14N4O3/c1-10-5-16(23-26-10)17(24)15-9-22-19-14(15)7-13(8-21-19)11-3-2-4-12(6-11)18(20)25/h2-9H,1H3,(H2,20,25)(H,21,22). The highest BCUT2D eigenvalue weighted by molar-refractivity contribution is 6.15. The molecule has 0 unspecified atom stereocenters. The lowest BCUT2D eigenvalue weighted by molar-refractivity contribution is 0.0998. The Kier molecular flexibility index (Phi) is 3.62. The summed E-state index contributed by atoms with van der Waals surface area (Å²) in [5.41, 5.74) is 8.59. The molecule has 128 valence electrons. The fourth-order valence-electron chi connectivity index (χ4n) is 2.81. The van der Waals surface area contributed by atoms with E-state index in [1.807, 2.05) is 12.1 Å². The minimum absolute atomic E-state index is 0.240. The van der Waals surface area contributed by atoms with Gasteiger partial charge in [0.15, 0.2) is 5.69 Å². The van der Waals surface area contributed by atoms with Gasteiger partial charge in [-0.25, -0.2) is 4.98 Å². The smallest absolute Gasteiger partial charge is 0.248 e. The topological polar surface area (TPSA) is 115 Å². The van der Waals surface area contributed by atoms with Crippen LogP contribution in [0.15, 0.2) is 53.3 Å². The molecule has 0 aliphatic heterocycles. The fourth-order valence-corrected chi connectivity index (χ4v) is 2.81. The monoisotopic (exact) mass is 346 g/mol. The van der Waals surface area contributed by atoms with Gasteiger partial charge >= 0.3 is 0 Å². The number of hydrogen-bond acceptors (Lipinski definition) is 5. The molecule has 0 fully saturated rings. The molecule has 4 rings (SSSR count). The number of aromatic amines is 1. The summed E-state index contributed by atoms with van der Waals surface area (Å²) in [7, 11) is 0. The van der Waals surface area contributed by atoms with Gasteiger partial charge in [-0.2, -0.15) is 0 Å². The summed E-state index contributed by atoms with van der Waals surface area (Å²) in [5, 5.41) is 4.44. The number of carbonyl (C=O) groups excluding carboxylic acids is 2. The number of nitrogens with one attached hydrogen (secondary N) is 1. The van der Waals surface area contributed by atoms with Crippen LogP contribution in [0.4, 0.5) is 0 Å². The minimum atomic E-state index is -0.500. The molecule has 0 radical (unpaired) electrons. The Labute approximate surface area is 147 Å². The molecule has 3 heterocycles. The molecule has 0 bridgehead atoms. The summed E-state index contributed by atoms with van der Waals surface area (Å²) in [6, 6.07) is 10.4. The maximum atomic E-state index is 12.7. The first-order valence-corrected chi connectivity index (χ1v) is 7.88. The van der Waals surface area contributed by atoms with Crippen LogP contribution in [0.3, 0.4) is 0 Å². The Morgan fingerprint density at radius 2 is 2.00 bits per heavy atom. The summed E-state index contributed by atoms with van der Waals surface area (Å²) in [6.07, 6.45) is 3.28. The number of pyridine rings is 1. The number of H-pyrrole nitrogens is 1. The van der Waals surface area contributed by atoms with Gasteiger partial charge in [0.25, 0.3) is 0 Å². The molecule has 0 saturated heterocycles. The molecule has 0 aliphatic carbocycles. The number of primary amides is 1. The SMILES string of the molecule is Cc1cc(C(=O)c2c[nH]c3ncc(-c4cccc(C(N)=O)c4)cc23)no1. The van der Waals surface area contributed by atoms with Crippen LogP contribution in [0.25, 0.3) is 22.2 Å².